The van der Waals surface area contributed by atoms with Crippen LogP contribution in [0.3, 0.4) is 0 Å². The van der Waals surface area contributed by atoms with Crippen LogP contribution >= 0.6 is 0 Å². The van der Waals surface area contributed by atoms with Crippen LogP contribution in [0.25, 0.3) is 10.9 Å². The molecular weight excluding hydrogens is 348 g/mol. The smallest absolute Gasteiger partial charge is 0.125 e. The molecule has 3 aromatic rings. The number of nitrogens with zero attached hydrogens (tertiary/aromatic N) is 3. The van der Waals surface area contributed by atoms with Crippen molar-refractivity contribution in [2.75, 3.05) is 20.2 Å². The summed E-state index contributed by atoms with van der Waals surface area (Å²) >= 11 is 0. The van der Waals surface area contributed by atoms with E-state index in [1.807, 2.05) is 13.0 Å². The number of methoxy groups -OCH3 is 1. The van der Waals surface area contributed by atoms with Crippen molar-refractivity contribution in [2.45, 2.75) is 51.5 Å². The summed E-state index contributed by atoms with van der Waals surface area (Å²) in [6.07, 6.45) is 6.86. The van der Waals surface area contributed by atoms with Crippen LogP contribution < -0.4 is 4.74 Å². The molecule has 3 heterocycles. The number of nitrogens with one attached hydrogen (secondary N) is 1. The second-order valence-corrected chi connectivity index (χ2v) is 8.53. The predicted octanol–water partition coefficient (Wildman–Crippen LogP) is 4.06. The summed E-state index contributed by atoms with van der Waals surface area (Å²) in [4.78, 5) is 15.6. The van der Waals surface area contributed by atoms with Crippen LogP contribution in [0.1, 0.15) is 47.6 Å². The van der Waals surface area contributed by atoms with Gasteiger partial charge in [-0.15, -0.1) is 0 Å². The number of fused-ring (bicyclic) bond motifs is 3. The number of ether oxygens (including phenoxy) is 1. The topological polar surface area (TPSA) is 54.0 Å². The molecule has 5 heteroatoms. The van der Waals surface area contributed by atoms with Crippen molar-refractivity contribution >= 4 is 10.9 Å². The summed E-state index contributed by atoms with van der Waals surface area (Å²) in [5, 5.41) is 1.26. The molecule has 0 bridgehead atoms. The lowest BCUT2D eigenvalue weighted by Crippen LogP contribution is -2.45. The minimum atomic E-state index is 0.213. The number of aromatic nitrogens is 3. The number of rotatable bonds is 3. The van der Waals surface area contributed by atoms with Crippen LogP contribution in [0.15, 0.2) is 24.4 Å². The molecule has 0 radical (unpaired) electrons. The Labute approximate surface area is 166 Å². The van der Waals surface area contributed by atoms with Crippen molar-refractivity contribution in [2.24, 2.45) is 0 Å². The minimum Gasteiger partial charge on any atom is -0.497 e. The second-order valence-electron chi connectivity index (χ2n) is 8.53. The third-order valence-corrected chi connectivity index (χ3v) is 6.77. The summed E-state index contributed by atoms with van der Waals surface area (Å²) < 4.78 is 5.41. The van der Waals surface area contributed by atoms with E-state index in [4.69, 9.17) is 9.72 Å². The number of piperidine rings is 1. The first-order valence-corrected chi connectivity index (χ1v) is 10.3. The highest BCUT2D eigenvalue weighted by Crippen LogP contribution is 2.44. The summed E-state index contributed by atoms with van der Waals surface area (Å²) in [5.74, 6) is 1.81. The van der Waals surface area contributed by atoms with Gasteiger partial charge in [0, 0.05) is 41.3 Å². The van der Waals surface area contributed by atoms with Gasteiger partial charge in [0.2, 0.25) is 0 Å². The maximum absolute atomic E-state index is 5.41. The Balaban J connectivity index is 1.42. The molecule has 0 saturated carbocycles. The number of H-pyrrole nitrogens is 1. The molecule has 2 aromatic heterocycles. The van der Waals surface area contributed by atoms with Gasteiger partial charge in [-0.25, -0.2) is 9.97 Å². The highest BCUT2D eigenvalue weighted by atomic mass is 16.5. The number of hydrogen-bond donors (Lipinski definition) is 1. The number of hydrogen-bond acceptors (Lipinski definition) is 4. The van der Waals surface area contributed by atoms with Crippen LogP contribution in [0, 0.1) is 13.8 Å². The van der Waals surface area contributed by atoms with Gasteiger partial charge >= 0.3 is 0 Å². The van der Waals surface area contributed by atoms with Crippen molar-refractivity contribution in [3.63, 3.8) is 0 Å². The lowest BCUT2D eigenvalue weighted by Gasteiger charge is -2.40. The highest BCUT2D eigenvalue weighted by molar-refractivity contribution is 5.85. The fourth-order valence-electron chi connectivity index (χ4n) is 5.26. The van der Waals surface area contributed by atoms with E-state index in [1.165, 1.54) is 52.7 Å². The first-order valence-electron chi connectivity index (χ1n) is 10.3. The lowest BCUT2D eigenvalue weighted by atomic mass is 9.77. The van der Waals surface area contributed by atoms with Gasteiger partial charge in [-0.3, -0.25) is 4.90 Å². The fourth-order valence-corrected chi connectivity index (χ4v) is 5.26. The molecular formula is C23H28N4O. The van der Waals surface area contributed by atoms with Gasteiger partial charge in [-0.2, -0.15) is 0 Å². The van der Waals surface area contributed by atoms with Gasteiger partial charge in [-0.05, 0) is 75.4 Å². The molecule has 1 saturated heterocycles. The summed E-state index contributed by atoms with van der Waals surface area (Å²) in [7, 11) is 1.72. The number of aromatic amines is 1. The molecule has 1 spiro atoms. The van der Waals surface area contributed by atoms with E-state index < -0.39 is 0 Å². The second kappa shape index (κ2) is 6.59. The standard InChI is InChI=1S/C23H28N4O/c1-15-19-11-18(28-3)5-6-20(19)26-21(15)13-27-10-4-8-23(14-27)9-7-17-12-24-16(2)25-22(17)23/h5-6,11-12,26H,4,7-10,13-14H2,1-3H3. The molecule has 1 N–H and O–H groups in total. The molecule has 1 fully saturated rings. The highest BCUT2D eigenvalue weighted by Gasteiger charge is 2.43. The molecule has 146 valence electrons. The Morgan fingerprint density at radius 1 is 1.25 bits per heavy atom. The van der Waals surface area contributed by atoms with Crippen LogP contribution in [0.2, 0.25) is 0 Å². The molecule has 1 aliphatic carbocycles. The van der Waals surface area contributed by atoms with E-state index in [2.05, 4.69) is 40.1 Å². The van der Waals surface area contributed by atoms with Crippen LogP contribution in [0.5, 0.6) is 5.75 Å². The van der Waals surface area contributed by atoms with E-state index in [9.17, 15) is 0 Å². The quantitative estimate of drug-likeness (QED) is 0.749. The average molecular weight is 377 g/mol. The molecule has 1 atom stereocenters. The Hall–Kier alpha value is -2.40. The molecule has 1 aliphatic heterocycles. The van der Waals surface area contributed by atoms with Crippen molar-refractivity contribution in [1.29, 1.82) is 0 Å². The van der Waals surface area contributed by atoms with Crippen molar-refractivity contribution < 1.29 is 4.74 Å². The van der Waals surface area contributed by atoms with Crippen LogP contribution in [0.4, 0.5) is 0 Å². The molecule has 1 unspecified atom stereocenters. The molecule has 5 rings (SSSR count). The monoisotopic (exact) mass is 376 g/mol. The first-order chi connectivity index (χ1) is 13.6. The van der Waals surface area contributed by atoms with E-state index >= 15 is 0 Å². The number of aryl methyl sites for hydroxylation is 3. The zero-order valence-electron chi connectivity index (χ0n) is 17.0. The molecule has 0 amide bonds. The van der Waals surface area contributed by atoms with Crippen molar-refractivity contribution in [3.8, 4) is 5.75 Å². The number of likely N-dealkylation sites (tertiary alicyclic amines) is 1. The molecule has 5 nitrogen and oxygen atoms in total. The lowest BCUT2D eigenvalue weighted by molar-refractivity contribution is 0.135. The Morgan fingerprint density at radius 2 is 2.14 bits per heavy atom. The van der Waals surface area contributed by atoms with Gasteiger partial charge in [0.25, 0.3) is 0 Å². The maximum atomic E-state index is 5.41. The zero-order valence-corrected chi connectivity index (χ0v) is 17.0. The average Bonchev–Trinajstić information content (AvgIpc) is 3.20. The minimum absolute atomic E-state index is 0.213. The van der Waals surface area contributed by atoms with E-state index in [-0.39, 0.29) is 5.41 Å². The summed E-state index contributed by atoms with van der Waals surface area (Å²) in [6, 6.07) is 6.28. The van der Waals surface area contributed by atoms with Gasteiger partial charge < -0.3 is 9.72 Å². The van der Waals surface area contributed by atoms with E-state index in [0.29, 0.717) is 0 Å². The predicted molar refractivity (Wildman–Crippen MR) is 111 cm³/mol. The Bertz CT molecular complexity index is 1040. The Morgan fingerprint density at radius 3 is 3.00 bits per heavy atom. The van der Waals surface area contributed by atoms with Gasteiger partial charge in [0.05, 0.1) is 12.8 Å². The normalized spacial score (nSPS) is 22.1. The molecule has 1 aromatic carbocycles. The van der Waals surface area contributed by atoms with Gasteiger partial charge in [0.15, 0.2) is 0 Å². The van der Waals surface area contributed by atoms with Crippen LogP contribution in [-0.4, -0.2) is 40.1 Å². The zero-order chi connectivity index (χ0) is 19.3. The van der Waals surface area contributed by atoms with Crippen LogP contribution in [-0.2, 0) is 18.4 Å². The largest absolute Gasteiger partial charge is 0.497 e. The Kier molecular flexibility index (Phi) is 4.16. The first kappa shape index (κ1) is 17.7. The van der Waals surface area contributed by atoms with Gasteiger partial charge in [-0.1, -0.05) is 0 Å². The fraction of sp³-hybridized carbons (Fsp3) is 0.478. The summed E-state index contributed by atoms with van der Waals surface area (Å²) in [6.45, 7) is 7.43. The van der Waals surface area contributed by atoms with Crippen molar-refractivity contribution in [3.05, 3.63) is 52.7 Å². The third-order valence-electron chi connectivity index (χ3n) is 6.77. The van der Waals surface area contributed by atoms with Crippen molar-refractivity contribution in [1.82, 2.24) is 19.9 Å². The summed E-state index contributed by atoms with van der Waals surface area (Å²) in [5.41, 5.74) is 6.74. The van der Waals surface area contributed by atoms with E-state index in [0.717, 1.165) is 37.6 Å². The van der Waals surface area contributed by atoms with Gasteiger partial charge in [0.1, 0.15) is 11.6 Å². The molecule has 28 heavy (non-hydrogen) atoms. The maximum Gasteiger partial charge on any atom is 0.125 e. The third kappa shape index (κ3) is 2.80. The van der Waals surface area contributed by atoms with E-state index in [1.54, 1.807) is 7.11 Å². The number of benzene rings is 1. The SMILES string of the molecule is COc1ccc2[nH]c(CN3CCCC4(CCc5cnc(C)nc54)C3)c(C)c2c1. The molecule has 2 aliphatic rings.